The zero-order chi connectivity index (χ0) is 14.2. The van der Waals surface area contributed by atoms with Crippen LogP contribution >= 0.6 is 0 Å². The van der Waals surface area contributed by atoms with Crippen LogP contribution < -0.4 is 0 Å². The molecule has 4 rings (SSSR count). The molecule has 2 aromatic heterocycles. The fourth-order valence-electron chi connectivity index (χ4n) is 2.92. The van der Waals surface area contributed by atoms with Gasteiger partial charge in [0.15, 0.2) is 0 Å². The molecular formula is C14H16N4O3. The first kappa shape index (κ1) is 12.6. The number of oxazole rings is 1. The third-order valence-electron chi connectivity index (χ3n) is 3.99. The highest BCUT2D eigenvalue weighted by Crippen LogP contribution is 2.25. The van der Waals surface area contributed by atoms with Gasteiger partial charge in [-0.2, -0.15) is 0 Å². The third kappa shape index (κ3) is 2.33. The summed E-state index contributed by atoms with van der Waals surface area (Å²) in [7, 11) is 0. The van der Waals surface area contributed by atoms with Gasteiger partial charge in [-0.1, -0.05) is 5.16 Å². The normalized spacial score (nSPS) is 18.4. The molecule has 2 aliphatic rings. The Kier molecular flexibility index (Phi) is 2.99. The van der Waals surface area contributed by atoms with E-state index in [0.29, 0.717) is 13.1 Å². The Morgan fingerprint density at radius 1 is 1.29 bits per heavy atom. The molecule has 1 amide bonds. The summed E-state index contributed by atoms with van der Waals surface area (Å²) in [5.41, 5.74) is 0.858. The Labute approximate surface area is 121 Å². The lowest BCUT2D eigenvalue weighted by Gasteiger charge is -2.13. The first-order valence-corrected chi connectivity index (χ1v) is 7.19. The average Bonchev–Trinajstić information content (AvgIpc) is 3.23. The number of nitrogens with zero attached hydrogens (tertiary/aromatic N) is 4. The van der Waals surface area contributed by atoms with Crippen molar-refractivity contribution in [3.05, 3.63) is 35.4 Å². The van der Waals surface area contributed by atoms with E-state index in [1.807, 2.05) is 0 Å². The van der Waals surface area contributed by atoms with Crippen molar-refractivity contribution >= 4 is 5.91 Å². The zero-order valence-electron chi connectivity index (χ0n) is 11.6. The summed E-state index contributed by atoms with van der Waals surface area (Å²) >= 11 is 0. The fraction of sp³-hybridized carbons (Fsp3) is 0.500. The Morgan fingerprint density at radius 2 is 2.14 bits per heavy atom. The lowest BCUT2D eigenvalue weighted by atomic mass is 10.4. The first-order valence-electron chi connectivity index (χ1n) is 7.19. The molecule has 0 radical (unpaired) electrons. The number of carbonyl (C=O) groups excluding carboxylic acids is 1. The summed E-state index contributed by atoms with van der Waals surface area (Å²) in [5, 5.41) is 3.56. The Morgan fingerprint density at radius 3 is 2.86 bits per heavy atom. The molecule has 1 fully saturated rings. The van der Waals surface area contributed by atoms with Gasteiger partial charge in [0, 0.05) is 6.07 Å². The molecule has 0 saturated carbocycles. The van der Waals surface area contributed by atoms with Crippen molar-refractivity contribution < 1.29 is 13.7 Å². The molecule has 0 unspecified atom stereocenters. The molecule has 0 aliphatic carbocycles. The van der Waals surface area contributed by atoms with Crippen LogP contribution in [0, 0.1) is 0 Å². The molecule has 0 aromatic carbocycles. The average molecular weight is 288 g/mol. The Balaban J connectivity index is 1.43. The van der Waals surface area contributed by atoms with Gasteiger partial charge in [-0.15, -0.1) is 0 Å². The van der Waals surface area contributed by atoms with E-state index in [0.717, 1.165) is 37.0 Å². The van der Waals surface area contributed by atoms with E-state index in [1.54, 1.807) is 11.0 Å². The quantitative estimate of drug-likeness (QED) is 0.850. The summed E-state index contributed by atoms with van der Waals surface area (Å²) in [6, 6.07) is 1.56. The van der Waals surface area contributed by atoms with Gasteiger partial charge in [-0.05, 0) is 25.9 Å². The van der Waals surface area contributed by atoms with Crippen molar-refractivity contribution in [2.24, 2.45) is 0 Å². The highest BCUT2D eigenvalue weighted by Gasteiger charge is 2.31. The number of hydrogen-bond donors (Lipinski definition) is 0. The smallest absolute Gasteiger partial charge is 0.293 e. The molecule has 0 spiro atoms. The number of carbonyl (C=O) groups is 1. The van der Waals surface area contributed by atoms with Crippen LogP contribution in [0.2, 0.25) is 0 Å². The van der Waals surface area contributed by atoms with Crippen LogP contribution in [0.15, 0.2) is 21.2 Å². The lowest BCUT2D eigenvalue weighted by molar-refractivity contribution is 0.0698. The number of likely N-dealkylation sites (tertiary alicyclic amines) is 1. The third-order valence-corrected chi connectivity index (χ3v) is 3.99. The topological polar surface area (TPSA) is 75.6 Å². The highest BCUT2D eigenvalue weighted by atomic mass is 16.5. The van der Waals surface area contributed by atoms with Crippen LogP contribution in [-0.2, 0) is 19.6 Å². The predicted octanol–water partition coefficient (Wildman–Crippen LogP) is 1.41. The lowest BCUT2D eigenvalue weighted by Crippen LogP contribution is -2.25. The maximum Gasteiger partial charge on any atom is 0.293 e. The second kappa shape index (κ2) is 5.00. The van der Waals surface area contributed by atoms with Gasteiger partial charge in [0.25, 0.3) is 5.91 Å². The monoisotopic (exact) mass is 288 g/mol. The van der Waals surface area contributed by atoms with Crippen LogP contribution in [0.5, 0.6) is 0 Å². The van der Waals surface area contributed by atoms with Gasteiger partial charge in [0.2, 0.25) is 11.7 Å². The van der Waals surface area contributed by atoms with Crippen molar-refractivity contribution in [2.45, 2.75) is 32.5 Å². The number of aromatic nitrogens is 2. The summed E-state index contributed by atoms with van der Waals surface area (Å²) < 4.78 is 10.7. The van der Waals surface area contributed by atoms with Gasteiger partial charge >= 0.3 is 0 Å². The van der Waals surface area contributed by atoms with E-state index in [-0.39, 0.29) is 11.7 Å². The SMILES string of the molecule is O=C(c1ccno1)N1Cc2nc(CN3CCCC3)oc2C1. The molecule has 4 heterocycles. The molecule has 1 saturated heterocycles. The van der Waals surface area contributed by atoms with E-state index < -0.39 is 0 Å². The maximum absolute atomic E-state index is 12.2. The van der Waals surface area contributed by atoms with Gasteiger partial charge in [-0.3, -0.25) is 9.69 Å². The van der Waals surface area contributed by atoms with Crippen molar-refractivity contribution in [1.82, 2.24) is 19.9 Å². The molecule has 110 valence electrons. The van der Waals surface area contributed by atoms with Crippen LogP contribution in [-0.4, -0.2) is 38.9 Å². The van der Waals surface area contributed by atoms with Crippen LogP contribution in [0.1, 0.15) is 40.7 Å². The van der Waals surface area contributed by atoms with Crippen molar-refractivity contribution in [3.8, 4) is 0 Å². The van der Waals surface area contributed by atoms with Gasteiger partial charge in [-0.25, -0.2) is 4.98 Å². The second-order valence-electron chi connectivity index (χ2n) is 5.50. The van der Waals surface area contributed by atoms with E-state index in [9.17, 15) is 4.79 Å². The minimum Gasteiger partial charge on any atom is -0.442 e. The van der Waals surface area contributed by atoms with E-state index in [2.05, 4.69) is 15.0 Å². The number of rotatable bonds is 3. The van der Waals surface area contributed by atoms with Crippen molar-refractivity contribution in [2.75, 3.05) is 13.1 Å². The van der Waals surface area contributed by atoms with Crippen molar-refractivity contribution in [1.29, 1.82) is 0 Å². The zero-order valence-corrected chi connectivity index (χ0v) is 11.6. The van der Waals surface area contributed by atoms with E-state index >= 15 is 0 Å². The van der Waals surface area contributed by atoms with Gasteiger partial charge in [0.1, 0.15) is 11.5 Å². The van der Waals surface area contributed by atoms with Gasteiger partial charge in [0.05, 0.1) is 25.8 Å². The van der Waals surface area contributed by atoms with Crippen LogP contribution in [0.4, 0.5) is 0 Å². The first-order chi connectivity index (χ1) is 10.3. The number of fused-ring (bicyclic) bond motifs is 1. The largest absolute Gasteiger partial charge is 0.442 e. The summed E-state index contributed by atoms with van der Waals surface area (Å²) in [5.74, 6) is 1.62. The van der Waals surface area contributed by atoms with E-state index in [4.69, 9.17) is 8.94 Å². The minimum absolute atomic E-state index is 0.179. The fourth-order valence-corrected chi connectivity index (χ4v) is 2.92. The van der Waals surface area contributed by atoms with Gasteiger partial charge < -0.3 is 13.8 Å². The molecule has 7 heteroatoms. The summed E-state index contributed by atoms with van der Waals surface area (Å²) in [4.78, 5) is 20.7. The number of hydrogen-bond acceptors (Lipinski definition) is 6. The van der Waals surface area contributed by atoms with E-state index in [1.165, 1.54) is 19.0 Å². The molecule has 0 bridgehead atoms. The number of amides is 1. The molecule has 21 heavy (non-hydrogen) atoms. The molecule has 0 N–H and O–H groups in total. The maximum atomic E-state index is 12.2. The minimum atomic E-state index is -0.179. The molecule has 7 nitrogen and oxygen atoms in total. The Hall–Kier alpha value is -2.15. The summed E-state index contributed by atoms with van der Waals surface area (Å²) in [6.45, 7) is 3.91. The van der Waals surface area contributed by atoms with Crippen LogP contribution in [0.25, 0.3) is 0 Å². The van der Waals surface area contributed by atoms with Crippen molar-refractivity contribution in [3.63, 3.8) is 0 Å². The Bertz CT molecular complexity index is 620. The second-order valence-corrected chi connectivity index (χ2v) is 5.50. The molecular weight excluding hydrogens is 272 g/mol. The predicted molar refractivity (Wildman–Crippen MR) is 71.1 cm³/mol. The molecule has 0 atom stereocenters. The highest BCUT2D eigenvalue weighted by molar-refractivity contribution is 5.91. The van der Waals surface area contributed by atoms with Crippen LogP contribution in [0.3, 0.4) is 0 Å². The standard InChI is InChI=1S/C14H16N4O3/c19-14(11-3-4-15-21-11)18-7-10-12(8-18)20-13(16-10)9-17-5-1-2-6-17/h3-4H,1-2,5-9H2. The summed E-state index contributed by atoms with van der Waals surface area (Å²) in [6.07, 6.45) is 3.97. The molecule has 2 aromatic rings. The molecule has 2 aliphatic heterocycles.